The first-order valence-electron chi connectivity index (χ1n) is 7.91. The number of benzene rings is 2. The average Bonchev–Trinajstić information content (AvgIpc) is 2.68. The second-order valence-corrected chi connectivity index (χ2v) is 6.53. The van der Waals surface area contributed by atoms with Gasteiger partial charge in [0, 0.05) is 22.3 Å². The van der Waals surface area contributed by atoms with Crippen molar-refractivity contribution in [3.05, 3.63) is 90.8 Å². The van der Waals surface area contributed by atoms with Gasteiger partial charge in [0.1, 0.15) is 0 Å². The predicted octanol–water partition coefficient (Wildman–Crippen LogP) is 3.45. The third-order valence-corrected chi connectivity index (χ3v) is 4.72. The van der Waals surface area contributed by atoms with Crippen LogP contribution >= 0.6 is 15.9 Å². The number of phenols is 1. The van der Waals surface area contributed by atoms with Crippen molar-refractivity contribution in [3.8, 4) is 17.2 Å². The first-order chi connectivity index (χ1) is 13.3. The molecule has 3 aromatic rings. The zero-order valence-corrected chi connectivity index (χ0v) is 16.0. The van der Waals surface area contributed by atoms with Crippen LogP contribution < -0.4 is 10.3 Å². The lowest BCUT2D eigenvalue weighted by molar-refractivity contribution is -0.386. The van der Waals surface area contributed by atoms with Gasteiger partial charge in [0.25, 0.3) is 5.56 Å². The van der Waals surface area contributed by atoms with Gasteiger partial charge in [0.05, 0.1) is 23.3 Å². The Morgan fingerprint density at radius 2 is 1.89 bits per heavy atom. The number of methoxy groups -OCH3 is 1. The van der Waals surface area contributed by atoms with E-state index >= 15 is 0 Å². The number of rotatable bonds is 5. The van der Waals surface area contributed by atoms with E-state index in [0.717, 1.165) is 0 Å². The van der Waals surface area contributed by atoms with Gasteiger partial charge in [0.15, 0.2) is 5.78 Å². The number of carbonyl (C=O) groups excluding carboxylic acids is 1. The van der Waals surface area contributed by atoms with Crippen LogP contribution in [0.1, 0.15) is 15.9 Å². The van der Waals surface area contributed by atoms with E-state index in [1.165, 1.54) is 42.1 Å². The number of nitro benzene ring substituents is 1. The van der Waals surface area contributed by atoms with Crippen LogP contribution in [-0.2, 0) is 0 Å². The number of para-hydroxylation sites is 1. The summed E-state index contributed by atoms with van der Waals surface area (Å²) in [6, 6.07) is 11.9. The summed E-state index contributed by atoms with van der Waals surface area (Å²) >= 11 is 3.35. The zero-order valence-electron chi connectivity index (χ0n) is 14.5. The summed E-state index contributed by atoms with van der Waals surface area (Å²) in [4.78, 5) is 35.5. The minimum absolute atomic E-state index is 0.0742. The molecule has 0 amide bonds. The quantitative estimate of drug-likeness (QED) is 0.366. The van der Waals surface area contributed by atoms with Crippen molar-refractivity contribution in [1.82, 2.24) is 4.57 Å². The normalized spacial score (nSPS) is 10.5. The molecule has 0 aliphatic rings. The van der Waals surface area contributed by atoms with Crippen molar-refractivity contribution < 1.29 is 19.6 Å². The van der Waals surface area contributed by atoms with Gasteiger partial charge >= 0.3 is 5.69 Å². The standard InChI is InChI=1S/C19H13BrN2O6/c1-28-15-8-7-12(19(25)17(15)22(26)27)18(24)11-6-9-16(23)21(10-11)14-5-3-2-4-13(14)20/h2-10,25H,1H3. The van der Waals surface area contributed by atoms with Gasteiger partial charge in [-0.15, -0.1) is 0 Å². The number of aromatic hydroxyl groups is 1. The number of hydrogen-bond donors (Lipinski definition) is 1. The molecule has 142 valence electrons. The van der Waals surface area contributed by atoms with Gasteiger partial charge < -0.3 is 9.84 Å². The first kappa shape index (κ1) is 19.3. The average molecular weight is 445 g/mol. The molecule has 1 aromatic heterocycles. The third-order valence-electron chi connectivity index (χ3n) is 4.05. The minimum atomic E-state index is -0.826. The number of aromatic nitrogens is 1. The van der Waals surface area contributed by atoms with Gasteiger partial charge in [-0.1, -0.05) is 12.1 Å². The van der Waals surface area contributed by atoms with Gasteiger partial charge in [-0.05, 0) is 46.3 Å². The number of ketones is 1. The number of carbonyl (C=O) groups is 1. The Labute approximate surface area is 166 Å². The van der Waals surface area contributed by atoms with Crippen molar-refractivity contribution >= 4 is 27.4 Å². The molecule has 0 fully saturated rings. The molecule has 0 saturated carbocycles. The topological polar surface area (TPSA) is 112 Å². The Kier molecular flexibility index (Phi) is 5.27. The number of nitrogens with zero attached hydrogens (tertiary/aromatic N) is 2. The van der Waals surface area contributed by atoms with Crippen LogP contribution in [-0.4, -0.2) is 27.5 Å². The molecule has 0 unspecified atom stereocenters. The maximum Gasteiger partial charge on any atom is 0.352 e. The minimum Gasteiger partial charge on any atom is -0.501 e. The lowest BCUT2D eigenvalue weighted by Crippen LogP contribution is -2.19. The summed E-state index contributed by atoms with van der Waals surface area (Å²) in [6.45, 7) is 0. The molecular formula is C19H13BrN2O6. The summed E-state index contributed by atoms with van der Waals surface area (Å²) in [5.74, 6) is -1.64. The van der Waals surface area contributed by atoms with Crippen LogP contribution in [0.3, 0.4) is 0 Å². The Balaban J connectivity index is 2.14. The number of phenolic OH excluding ortho intramolecular Hbond substituents is 1. The van der Waals surface area contributed by atoms with E-state index in [9.17, 15) is 24.8 Å². The van der Waals surface area contributed by atoms with E-state index < -0.39 is 22.1 Å². The number of halogens is 1. The number of hydrogen-bond acceptors (Lipinski definition) is 6. The first-order valence-corrected chi connectivity index (χ1v) is 8.71. The lowest BCUT2D eigenvalue weighted by Gasteiger charge is -2.11. The summed E-state index contributed by atoms with van der Waals surface area (Å²) < 4.78 is 6.78. The smallest absolute Gasteiger partial charge is 0.352 e. The maximum atomic E-state index is 12.9. The fraction of sp³-hybridized carbons (Fsp3) is 0.0526. The van der Waals surface area contributed by atoms with E-state index in [1.807, 2.05) is 0 Å². The van der Waals surface area contributed by atoms with Gasteiger partial charge in [-0.25, -0.2) is 0 Å². The molecule has 1 N–H and O–H groups in total. The molecule has 1 heterocycles. The SMILES string of the molecule is COc1ccc(C(=O)c2ccc(=O)n(-c3ccccc3Br)c2)c(O)c1[N+](=O)[O-]. The van der Waals surface area contributed by atoms with Gasteiger partial charge in [-0.2, -0.15) is 0 Å². The van der Waals surface area contributed by atoms with Crippen LogP contribution in [0.15, 0.2) is 64.0 Å². The molecule has 0 radical (unpaired) electrons. The molecule has 0 aliphatic heterocycles. The van der Waals surface area contributed by atoms with Crippen LogP contribution in [0.25, 0.3) is 5.69 Å². The molecule has 9 heteroatoms. The van der Waals surface area contributed by atoms with Crippen LogP contribution in [0, 0.1) is 10.1 Å². The molecule has 2 aromatic carbocycles. The number of pyridine rings is 1. The molecular weight excluding hydrogens is 432 g/mol. The van der Waals surface area contributed by atoms with Crippen LogP contribution in [0.4, 0.5) is 5.69 Å². The molecule has 8 nitrogen and oxygen atoms in total. The molecule has 28 heavy (non-hydrogen) atoms. The van der Waals surface area contributed by atoms with Crippen LogP contribution in [0.2, 0.25) is 0 Å². The Morgan fingerprint density at radius 1 is 1.18 bits per heavy atom. The van der Waals surface area contributed by atoms with E-state index in [4.69, 9.17) is 4.74 Å². The Hall–Kier alpha value is -3.46. The van der Waals surface area contributed by atoms with Gasteiger partial charge in [0.2, 0.25) is 11.5 Å². The Morgan fingerprint density at radius 3 is 2.54 bits per heavy atom. The van der Waals surface area contributed by atoms with Crippen molar-refractivity contribution in [1.29, 1.82) is 0 Å². The largest absolute Gasteiger partial charge is 0.501 e. The molecule has 0 bridgehead atoms. The van der Waals surface area contributed by atoms with Crippen molar-refractivity contribution in [2.24, 2.45) is 0 Å². The van der Waals surface area contributed by atoms with Crippen molar-refractivity contribution in [3.63, 3.8) is 0 Å². The number of ether oxygens (including phenoxy) is 1. The highest BCUT2D eigenvalue weighted by atomic mass is 79.9. The van der Waals surface area contributed by atoms with E-state index in [1.54, 1.807) is 24.3 Å². The van der Waals surface area contributed by atoms with E-state index in [0.29, 0.717) is 10.2 Å². The van der Waals surface area contributed by atoms with Crippen LogP contribution in [0.5, 0.6) is 11.5 Å². The highest BCUT2D eigenvalue weighted by molar-refractivity contribution is 9.10. The van der Waals surface area contributed by atoms with E-state index in [2.05, 4.69) is 15.9 Å². The highest BCUT2D eigenvalue weighted by Gasteiger charge is 2.27. The molecule has 0 aliphatic carbocycles. The third kappa shape index (κ3) is 3.39. The predicted molar refractivity (Wildman–Crippen MR) is 104 cm³/mol. The molecule has 0 spiro atoms. The number of nitro groups is 1. The summed E-state index contributed by atoms with van der Waals surface area (Å²) in [5.41, 5.74) is -0.747. The van der Waals surface area contributed by atoms with Crippen molar-refractivity contribution in [2.75, 3.05) is 7.11 Å². The lowest BCUT2D eigenvalue weighted by atomic mass is 10.0. The molecule has 0 atom stereocenters. The maximum absolute atomic E-state index is 12.9. The van der Waals surface area contributed by atoms with Crippen molar-refractivity contribution in [2.45, 2.75) is 0 Å². The summed E-state index contributed by atoms with van der Waals surface area (Å²) in [6.07, 6.45) is 1.32. The zero-order chi connectivity index (χ0) is 20.4. The molecule has 0 saturated heterocycles. The fourth-order valence-corrected chi connectivity index (χ4v) is 3.17. The summed E-state index contributed by atoms with van der Waals surface area (Å²) in [5, 5.41) is 21.5. The Bertz CT molecular complexity index is 1160. The van der Waals surface area contributed by atoms with Gasteiger partial charge in [-0.3, -0.25) is 24.3 Å². The second kappa shape index (κ2) is 7.65. The van der Waals surface area contributed by atoms with E-state index in [-0.39, 0.29) is 22.4 Å². The fourth-order valence-electron chi connectivity index (χ4n) is 2.70. The second-order valence-electron chi connectivity index (χ2n) is 5.68. The molecule has 3 rings (SSSR count). The summed E-state index contributed by atoms with van der Waals surface area (Å²) in [7, 11) is 1.22. The highest BCUT2D eigenvalue weighted by Crippen LogP contribution is 2.39. The monoisotopic (exact) mass is 444 g/mol.